The Balaban J connectivity index is 2.58. The molecule has 25 heavy (non-hydrogen) atoms. The van der Waals surface area contributed by atoms with Gasteiger partial charge >= 0.3 is 12.0 Å². The van der Waals surface area contributed by atoms with Gasteiger partial charge in [0.2, 0.25) is 10.0 Å². The van der Waals surface area contributed by atoms with Crippen molar-refractivity contribution in [1.29, 1.82) is 0 Å². The Morgan fingerprint density at radius 1 is 1.12 bits per heavy atom. The van der Waals surface area contributed by atoms with Crippen molar-refractivity contribution in [2.45, 2.75) is 18.2 Å². The van der Waals surface area contributed by atoms with E-state index in [-0.39, 0.29) is 10.5 Å². The molecule has 9 nitrogen and oxygen atoms in total. The van der Waals surface area contributed by atoms with Crippen LogP contribution in [0.5, 0.6) is 0 Å². The number of carbonyl (C=O) groups is 3. The Hall–Kier alpha value is -2.46. The fraction of sp³-hybridized carbons (Fsp3) is 0.400. The Labute approximate surface area is 146 Å². The van der Waals surface area contributed by atoms with Crippen LogP contribution >= 0.6 is 0 Å². The summed E-state index contributed by atoms with van der Waals surface area (Å²) in [5, 5.41) is 4.45. The molecule has 0 aliphatic rings. The van der Waals surface area contributed by atoms with Gasteiger partial charge in [0, 0.05) is 20.6 Å². The van der Waals surface area contributed by atoms with Crippen molar-refractivity contribution < 1.29 is 27.5 Å². The number of carbonyl (C=O) groups excluding carboxylic acids is 3. The molecule has 0 radical (unpaired) electrons. The highest BCUT2D eigenvalue weighted by Gasteiger charge is 2.18. The lowest BCUT2D eigenvalue weighted by Crippen LogP contribution is -2.41. The standard InChI is InChI=1S/C15H21N3O6S/c1-4-9-16-15(21)17-13(19)10-24-14(20)11-5-7-12(8-6-11)25(22,23)18(2)3/h5-8H,4,9-10H2,1-3H3,(H2,16,17,19,21). The van der Waals surface area contributed by atoms with Crippen LogP contribution in [0.2, 0.25) is 0 Å². The lowest BCUT2D eigenvalue weighted by Gasteiger charge is -2.11. The number of rotatable bonds is 7. The molecule has 0 aliphatic carbocycles. The van der Waals surface area contributed by atoms with Crippen molar-refractivity contribution in [1.82, 2.24) is 14.9 Å². The quantitative estimate of drug-likeness (QED) is 0.666. The average Bonchev–Trinajstić information content (AvgIpc) is 2.57. The molecule has 0 aliphatic heterocycles. The molecular formula is C15H21N3O6S. The van der Waals surface area contributed by atoms with Crippen molar-refractivity contribution in [2.75, 3.05) is 27.2 Å². The zero-order chi connectivity index (χ0) is 19.0. The average molecular weight is 371 g/mol. The zero-order valence-corrected chi connectivity index (χ0v) is 15.1. The van der Waals surface area contributed by atoms with Gasteiger partial charge in [0.15, 0.2) is 6.61 Å². The predicted octanol–water partition coefficient (Wildman–Crippen LogP) is 0.330. The highest BCUT2D eigenvalue weighted by molar-refractivity contribution is 7.89. The minimum absolute atomic E-state index is 0.0272. The van der Waals surface area contributed by atoms with Gasteiger partial charge in [0.1, 0.15) is 0 Å². The number of nitrogens with zero attached hydrogens (tertiary/aromatic N) is 1. The number of ether oxygens (including phenoxy) is 1. The molecule has 1 rings (SSSR count). The van der Waals surface area contributed by atoms with Crippen molar-refractivity contribution in [3.05, 3.63) is 29.8 Å². The molecular weight excluding hydrogens is 350 g/mol. The molecule has 0 heterocycles. The second kappa shape index (κ2) is 9.14. The van der Waals surface area contributed by atoms with Crippen molar-refractivity contribution in [2.24, 2.45) is 0 Å². The summed E-state index contributed by atoms with van der Waals surface area (Å²) in [5.41, 5.74) is 0.0842. The highest BCUT2D eigenvalue weighted by Crippen LogP contribution is 2.14. The van der Waals surface area contributed by atoms with E-state index in [1.54, 1.807) is 0 Å². The van der Waals surface area contributed by atoms with Gasteiger partial charge in [-0.05, 0) is 30.7 Å². The summed E-state index contributed by atoms with van der Waals surface area (Å²) in [4.78, 5) is 34.6. The van der Waals surface area contributed by atoms with Crippen LogP contribution in [0.1, 0.15) is 23.7 Å². The van der Waals surface area contributed by atoms with Gasteiger partial charge in [0.25, 0.3) is 5.91 Å². The van der Waals surface area contributed by atoms with Gasteiger partial charge in [-0.2, -0.15) is 0 Å². The number of benzene rings is 1. The molecule has 0 saturated carbocycles. The molecule has 2 N–H and O–H groups in total. The number of hydrogen-bond donors (Lipinski definition) is 2. The zero-order valence-electron chi connectivity index (χ0n) is 14.2. The minimum atomic E-state index is -3.59. The van der Waals surface area contributed by atoms with E-state index in [2.05, 4.69) is 5.32 Å². The highest BCUT2D eigenvalue weighted by atomic mass is 32.2. The summed E-state index contributed by atoms with van der Waals surface area (Å²) in [6, 6.07) is 4.44. The normalized spacial score (nSPS) is 11.0. The van der Waals surface area contributed by atoms with Crippen LogP contribution < -0.4 is 10.6 Å². The van der Waals surface area contributed by atoms with E-state index < -0.39 is 34.5 Å². The van der Waals surface area contributed by atoms with Crippen LogP contribution in [0.15, 0.2) is 29.2 Å². The van der Waals surface area contributed by atoms with Gasteiger partial charge < -0.3 is 10.1 Å². The predicted molar refractivity (Wildman–Crippen MR) is 89.4 cm³/mol. The van der Waals surface area contributed by atoms with Crippen LogP contribution in [0.25, 0.3) is 0 Å². The SMILES string of the molecule is CCCNC(=O)NC(=O)COC(=O)c1ccc(S(=O)(=O)N(C)C)cc1. The largest absolute Gasteiger partial charge is 0.452 e. The number of esters is 1. The number of sulfonamides is 1. The van der Waals surface area contributed by atoms with Gasteiger partial charge in [-0.3, -0.25) is 10.1 Å². The monoisotopic (exact) mass is 371 g/mol. The van der Waals surface area contributed by atoms with Gasteiger partial charge in [0.05, 0.1) is 10.5 Å². The first-order valence-corrected chi connectivity index (χ1v) is 8.90. The Bertz CT molecular complexity index is 728. The first-order chi connectivity index (χ1) is 11.7. The number of urea groups is 1. The maximum absolute atomic E-state index is 11.9. The molecule has 0 spiro atoms. The molecule has 0 atom stereocenters. The van der Waals surface area contributed by atoms with Crippen molar-refractivity contribution in [3.8, 4) is 0 Å². The first-order valence-electron chi connectivity index (χ1n) is 7.46. The Morgan fingerprint density at radius 2 is 1.72 bits per heavy atom. The van der Waals surface area contributed by atoms with Crippen LogP contribution in [-0.2, 0) is 19.6 Å². The molecule has 3 amide bonds. The van der Waals surface area contributed by atoms with Crippen LogP contribution in [0.4, 0.5) is 4.79 Å². The summed E-state index contributed by atoms with van der Waals surface area (Å²) in [6.07, 6.45) is 0.718. The summed E-state index contributed by atoms with van der Waals surface area (Å²) >= 11 is 0. The molecule has 0 fully saturated rings. The third-order valence-corrected chi connectivity index (χ3v) is 4.82. The molecule has 0 bridgehead atoms. The maximum atomic E-state index is 11.9. The fourth-order valence-corrected chi connectivity index (χ4v) is 2.54. The fourth-order valence-electron chi connectivity index (χ4n) is 1.63. The van der Waals surface area contributed by atoms with Crippen molar-refractivity contribution >= 4 is 27.9 Å². The van der Waals surface area contributed by atoms with E-state index in [1.807, 2.05) is 12.2 Å². The van der Waals surface area contributed by atoms with Gasteiger partial charge in [-0.1, -0.05) is 6.92 Å². The van der Waals surface area contributed by atoms with Gasteiger partial charge in [-0.25, -0.2) is 22.3 Å². The lowest BCUT2D eigenvalue weighted by atomic mass is 10.2. The molecule has 0 saturated heterocycles. The second-order valence-corrected chi connectivity index (χ2v) is 7.34. The van der Waals surface area contributed by atoms with E-state index in [9.17, 15) is 22.8 Å². The molecule has 0 unspecified atom stereocenters. The summed E-state index contributed by atoms with van der Waals surface area (Å²) in [6.45, 7) is 1.65. The topological polar surface area (TPSA) is 122 Å². The van der Waals surface area contributed by atoms with E-state index in [0.29, 0.717) is 6.54 Å². The molecule has 1 aromatic rings. The molecule has 138 valence electrons. The second-order valence-electron chi connectivity index (χ2n) is 5.19. The number of hydrogen-bond acceptors (Lipinski definition) is 6. The lowest BCUT2D eigenvalue weighted by molar-refractivity contribution is -0.123. The molecule has 1 aromatic carbocycles. The van der Waals surface area contributed by atoms with Crippen LogP contribution in [-0.4, -0.2) is 57.9 Å². The van der Waals surface area contributed by atoms with E-state index in [4.69, 9.17) is 4.74 Å². The molecule has 10 heteroatoms. The Kier molecular flexibility index (Phi) is 7.52. The first kappa shape index (κ1) is 20.6. The third kappa shape index (κ3) is 6.16. The number of amides is 3. The van der Waals surface area contributed by atoms with Crippen molar-refractivity contribution in [3.63, 3.8) is 0 Å². The maximum Gasteiger partial charge on any atom is 0.338 e. The third-order valence-electron chi connectivity index (χ3n) is 2.99. The summed E-state index contributed by atoms with van der Waals surface area (Å²) in [5.74, 6) is -1.58. The van der Waals surface area contributed by atoms with E-state index >= 15 is 0 Å². The number of imide groups is 1. The summed E-state index contributed by atoms with van der Waals surface area (Å²) < 4.78 is 29.7. The van der Waals surface area contributed by atoms with Crippen LogP contribution in [0.3, 0.4) is 0 Å². The summed E-state index contributed by atoms with van der Waals surface area (Å²) in [7, 11) is -0.802. The van der Waals surface area contributed by atoms with Crippen LogP contribution in [0, 0.1) is 0 Å². The van der Waals surface area contributed by atoms with E-state index in [1.165, 1.54) is 38.4 Å². The minimum Gasteiger partial charge on any atom is -0.452 e. The smallest absolute Gasteiger partial charge is 0.338 e. The van der Waals surface area contributed by atoms with E-state index in [0.717, 1.165) is 10.7 Å². The molecule has 0 aromatic heterocycles. The number of nitrogens with one attached hydrogen (secondary N) is 2. The Morgan fingerprint density at radius 3 is 2.24 bits per heavy atom. The van der Waals surface area contributed by atoms with Gasteiger partial charge in [-0.15, -0.1) is 0 Å².